The van der Waals surface area contributed by atoms with Crippen molar-refractivity contribution in [2.75, 3.05) is 21.2 Å². The van der Waals surface area contributed by atoms with Crippen molar-refractivity contribution in [3.05, 3.63) is 77.4 Å². The van der Waals surface area contributed by atoms with Gasteiger partial charge in [-0.05, 0) is 36.1 Å². The molecule has 6 heteroatoms. The van der Waals surface area contributed by atoms with E-state index in [4.69, 9.17) is 4.74 Å². The molecule has 164 valence electrons. The molecule has 0 bridgehead atoms. The second-order valence-electron chi connectivity index (χ2n) is 7.45. The number of esters is 1. The molecule has 1 atom stereocenters. The lowest BCUT2D eigenvalue weighted by Gasteiger charge is -2.17. The van der Waals surface area contributed by atoms with Gasteiger partial charge in [0.05, 0.1) is 7.11 Å². The Labute approximate surface area is 183 Å². The van der Waals surface area contributed by atoms with Crippen molar-refractivity contribution in [3.8, 4) is 0 Å². The summed E-state index contributed by atoms with van der Waals surface area (Å²) in [6, 6.07) is 15.9. The molecule has 0 aliphatic heterocycles. The minimum absolute atomic E-state index is 0.114. The number of rotatable bonds is 10. The van der Waals surface area contributed by atoms with Crippen LogP contribution >= 0.6 is 0 Å². The van der Waals surface area contributed by atoms with Crippen molar-refractivity contribution >= 4 is 23.9 Å². The van der Waals surface area contributed by atoms with Crippen LogP contribution in [0, 0.1) is 0 Å². The van der Waals surface area contributed by atoms with Gasteiger partial charge in [0.1, 0.15) is 6.04 Å². The lowest BCUT2D eigenvalue weighted by Crippen LogP contribution is -2.43. The number of benzene rings is 2. The Hall–Kier alpha value is -3.41. The van der Waals surface area contributed by atoms with Crippen molar-refractivity contribution in [2.45, 2.75) is 31.7 Å². The Morgan fingerprint density at radius 3 is 2.48 bits per heavy atom. The van der Waals surface area contributed by atoms with Gasteiger partial charge in [-0.1, -0.05) is 54.6 Å². The zero-order valence-corrected chi connectivity index (χ0v) is 18.3. The van der Waals surface area contributed by atoms with Crippen LogP contribution in [0.25, 0.3) is 6.08 Å². The van der Waals surface area contributed by atoms with Crippen LogP contribution < -0.4 is 5.32 Å². The molecule has 2 aromatic carbocycles. The third kappa shape index (κ3) is 8.09. The number of hydrogen-bond acceptors (Lipinski definition) is 4. The molecule has 0 saturated carbocycles. The molecule has 0 aliphatic rings. The summed E-state index contributed by atoms with van der Waals surface area (Å²) in [5.41, 5.74) is 2.28. The maximum Gasteiger partial charge on any atom is 0.328 e. The van der Waals surface area contributed by atoms with E-state index in [9.17, 15) is 14.4 Å². The van der Waals surface area contributed by atoms with Gasteiger partial charge in [-0.3, -0.25) is 9.59 Å². The van der Waals surface area contributed by atoms with Crippen LogP contribution in [-0.2, 0) is 20.7 Å². The lowest BCUT2D eigenvalue weighted by molar-refractivity contribution is -0.142. The van der Waals surface area contributed by atoms with E-state index in [-0.39, 0.29) is 11.8 Å². The van der Waals surface area contributed by atoms with E-state index in [0.717, 1.165) is 24.0 Å². The summed E-state index contributed by atoms with van der Waals surface area (Å²) in [4.78, 5) is 38.1. The van der Waals surface area contributed by atoms with E-state index < -0.39 is 12.0 Å². The van der Waals surface area contributed by atoms with E-state index in [1.54, 1.807) is 37.2 Å². The number of hydrogen-bond donors (Lipinski definition) is 1. The molecule has 6 nitrogen and oxygen atoms in total. The van der Waals surface area contributed by atoms with Gasteiger partial charge in [-0.15, -0.1) is 0 Å². The van der Waals surface area contributed by atoms with Crippen molar-refractivity contribution in [2.24, 2.45) is 0 Å². The summed E-state index contributed by atoms with van der Waals surface area (Å²) < 4.78 is 4.86. The van der Waals surface area contributed by atoms with Gasteiger partial charge in [0.25, 0.3) is 5.91 Å². The molecule has 2 aromatic rings. The van der Waals surface area contributed by atoms with E-state index in [1.165, 1.54) is 7.11 Å². The zero-order valence-electron chi connectivity index (χ0n) is 18.3. The van der Waals surface area contributed by atoms with E-state index >= 15 is 0 Å². The highest BCUT2D eigenvalue weighted by atomic mass is 16.5. The van der Waals surface area contributed by atoms with Gasteiger partial charge < -0.3 is 15.0 Å². The summed E-state index contributed by atoms with van der Waals surface area (Å²) >= 11 is 0. The first-order valence-electron chi connectivity index (χ1n) is 10.3. The zero-order chi connectivity index (χ0) is 22.6. The Morgan fingerprint density at radius 1 is 1.06 bits per heavy atom. The smallest absolute Gasteiger partial charge is 0.328 e. The van der Waals surface area contributed by atoms with E-state index in [1.807, 2.05) is 48.6 Å². The number of ether oxygens (including phenoxy) is 1. The van der Waals surface area contributed by atoms with Crippen molar-refractivity contribution in [3.63, 3.8) is 0 Å². The summed E-state index contributed by atoms with van der Waals surface area (Å²) in [5, 5.41) is 2.78. The first-order valence-corrected chi connectivity index (χ1v) is 10.3. The first-order chi connectivity index (χ1) is 14.9. The van der Waals surface area contributed by atoms with E-state index in [2.05, 4.69) is 5.32 Å². The summed E-state index contributed by atoms with van der Waals surface area (Å²) in [5.74, 6) is -0.707. The maximum atomic E-state index is 12.7. The number of carbonyl (C=O) groups is 3. The van der Waals surface area contributed by atoms with Crippen LogP contribution in [0.1, 0.15) is 40.7 Å². The van der Waals surface area contributed by atoms with Crippen LogP contribution in [-0.4, -0.2) is 49.9 Å². The third-order valence-electron chi connectivity index (χ3n) is 4.79. The average molecular weight is 423 g/mol. The monoisotopic (exact) mass is 422 g/mol. The first kappa shape index (κ1) is 23.9. The fourth-order valence-electron chi connectivity index (χ4n) is 3.02. The van der Waals surface area contributed by atoms with Crippen LogP contribution in [0.2, 0.25) is 0 Å². The standard InChI is InChI=1S/C25H30N2O4/c1-27(2)23(28)16-9-5-8-11-19-14-10-15-21(17-19)24(29)26-22(25(30)31-3)18-20-12-6-4-7-13-20/h4,6-8,10-15,17,22H,5,9,16,18H2,1-3H3,(H,26,29)/b11-8-/t22-/m1/s1. The fraction of sp³-hybridized carbons (Fsp3) is 0.320. The molecule has 0 radical (unpaired) electrons. The average Bonchev–Trinajstić information content (AvgIpc) is 2.78. The Bertz CT molecular complexity index is 907. The molecule has 1 N–H and O–H groups in total. The number of nitrogens with one attached hydrogen (secondary N) is 1. The molecule has 0 aromatic heterocycles. The van der Waals surface area contributed by atoms with Gasteiger partial charge in [0.2, 0.25) is 5.91 Å². The highest BCUT2D eigenvalue weighted by molar-refractivity contribution is 5.97. The van der Waals surface area contributed by atoms with Crippen LogP contribution in [0.5, 0.6) is 0 Å². The largest absolute Gasteiger partial charge is 0.467 e. The van der Waals surface area contributed by atoms with Crippen LogP contribution in [0.3, 0.4) is 0 Å². The quantitative estimate of drug-likeness (QED) is 0.470. The second-order valence-corrected chi connectivity index (χ2v) is 7.45. The topological polar surface area (TPSA) is 75.7 Å². The molecular formula is C25H30N2O4. The highest BCUT2D eigenvalue weighted by Gasteiger charge is 2.22. The minimum atomic E-state index is -0.770. The highest BCUT2D eigenvalue weighted by Crippen LogP contribution is 2.11. The Morgan fingerprint density at radius 2 is 1.81 bits per heavy atom. The number of methoxy groups -OCH3 is 1. The maximum absolute atomic E-state index is 12.7. The molecule has 0 unspecified atom stereocenters. The van der Waals surface area contributed by atoms with Gasteiger partial charge >= 0.3 is 5.97 Å². The molecule has 2 amide bonds. The number of carbonyl (C=O) groups excluding carboxylic acids is 3. The summed E-state index contributed by atoms with van der Waals surface area (Å²) in [6.45, 7) is 0. The summed E-state index contributed by atoms with van der Waals surface area (Å²) in [7, 11) is 4.81. The predicted octanol–water partition coefficient (Wildman–Crippen LogP) is 3.47. The summed E-state index contributed by atoms with van der Waals surface area (Å²) in [6.07, 6.45) is 6.33. The molecule has 0 aliphatic carbocycles. The number of unbranched alkanes of at least 4 members (excludes halogenated alkanes) is 1. The molecular weight excluding hydrogens is 392 g/mol. The van der Waals surface area contributed by atoms with Crippen molar-refractivity contribution in [1.82, 2.24) is 10.2 Å². The van der Waals surface area contributed by atoms with Gasteiger partial charge in [-0.2, -0.15) is 0 Å². The van der Waals surface area contributed by atoms with E-state index in [0.29, 0.717) is 18.4 Å². The number of allylic oxidation sites excluding steroid dienone is 1. The van der Waals surface area contributed by atoms with Gasteiger partial charge in [0.15, 0.2) is 0 Å². The van der Waals surface area contributed by atoms with Crippen LogP contribution in [0.15, 0.2) is 60.7 Å². The molecule has 0 spiro atoms. The fourth-order valence-corrected chi connectivity index (χ4v) is 3.02. The molecule has 2 rings (SSSR count). The molecule has 31 heavy (non-hydrogen) atoms. The van der Waals surface area contributed by atoms with Crippen molar-refractivity contribution in [1.29, 1.82) is 0 Å². The Balaban J connectivity index is 1.98. The lowest BCUT2D eigenvalue weighted by atomic mass is 10.0. The van der Waals surface area contributed by atoms with Gasteiger partial charge in [0, 0.05) is 32.5 Å². The minimum Gasteiger partial charge on any atom is -0.467 e. The van der Waals surface area contributed by atoms with Crippen LogP contribution in [0.4, 0.5) is 0 Å². The molecule has 0 fully saturated rings. The number of nitrogens with zero attached hydrogens (tertiary/aromatic N) is 1. The molecule has 0 heterocycles. The SMILES string of the molecule is COC(=O)[C@@H](Cc1ccccc1)NC(=O)c1cccc(/C=C\CCCC(=O)N(C)C)c1. The third-order valence-corrected chi connectivity index (χ3v) is 4.79. The second kappa shape index (κ2) is 12.3. The molecule has 0 saturated heterocycles. The number of amides is 2. The normalized spacial score (nSPS) is 11.7. The van der Waals surface area contributed by atoms with Gasteiger partial charge in [-0.25, -0.2) is 4.79 Å². The Kier molecular flexibility index (Phi) is 9.49. The predicted molar refractivity (Wildman–Crippen MR) is 121 cm³/mol. The van der Waals surface area contributed by atoms with Crippen molar-refractivity contribution < 1.29 is 19.1 Å².